The zero-order valence-electron chi connectivity index (χ0n) is 9.31. The fourth-order valence-corrected chi connectivity index (χ4v) is 1.99. The first-order valence-corrected chi connectivity index (χ1v) is 6.46. The molecule has 3 nitrogen and oxygen atoms in total. The Kier molecular flexibility index (Phi) is 4.44. The third-order valence-corrected chi connectivity index (χ3v) is 3.45. The molecule has 1 atom stereocenters. The summed E-state index contributed by atoms with van der Waals surface area (Å²) in [7, 11) is -3.82. The summed E-state index contributed by atoms with van der Waals surface area (Å²) in [4.78, 5) is 0.0569. The van der Waals surface area contributed by atoms with Gasteiger partial charge >= 0.3 is 0 Å². The third kappa shape index (κ3) is 3.57. The van der Waals surface area contributed by atoms with Crippen molar-refractivity contribution in [3.05, 3.63) is 29.8 Å². The summed E-state index contributed by atoms with van der Waals surface area (Å²) >= 11 is 0. The Hall–Kier alpha value is -0.940. The maximum Gasteiger partial charge on any atom is 0.297 e. The molecule has 0 amide bonds. The van der Waals surface area contributed by atoms with Crippen LogP contribution in [0.25, 0.3) is 0 Å². The highest BCUT2D eigenvalue weighted by molar-refractivity contribution is 7.86. The molecule has 1 unspecified atom stereocenters. The van der Waals surface area contributed by atoms with Crippen molar-refractivity contribution in [2.45, 2.75) is 31.3 Å². The van der Waals surface area contributed by atoms with Crippen molar-refractivity contribution in [2.75, 3.05) is 6.61 Å². The Morgan fingerprint density at radius 2 is 1.88 bits per heavy atom. The van der Waals surface area contributed by atoms with Crippen LogP contribution >= 0.6 is 0 Å². The van der Waals surface area contributed by atoms with Crippen molar-refractivity contribution in [3.8, 4) is 0 Å². The predicted molar refractivity (Wildman–Crippen MR) is 59.5 cm³/mol. The largest absolute Gasteiger partial charge is 0.297 e. The van der Waals surface area contributed by atoms with E-state index in [2.05, 4.69) is 4.18 Å². The van der Waals surface area contributed by atoms with E-state index in [1.54, 1.807) is 19.1 Å². The van der Waals surface area contributed by atoms with Crippen molar-refractivity contribution < 1.29 is 17.0 Å². The number of aryl methyl sites for hydroxylation is 1. The van der Waals surface area contributed by atoms with Gasteiger partial charge in [-0.05, 0) is 25.5 Å². The lowest BCUT2D eigenvalue weighted by molar-refractivity contribution is 0.196. The molecule has 0 spiro atoms. The molecule has 0 aliphatic carbocycles. The van der Waals surface area contributed by atoms with Crippen molar-refractivity contribution in [1.29, 1.82) is 0 Å². The molecule has 0 heterocycles. The van der Waals surface area contributed by atoms with Crippen LogP contribution in [0.3, 0.4) is 0 Å². The third-order valence-electron chi connectivity index (χ3n) is 2.16. The lowest BCUT2D eigenvalue weighted by Gasteiger charge is -2.07. The summed E-state index contributed by atoms with van der Waals surface area (Å²) in [5.41, 5.74) is 0.955. The van der Waals surface area contributed by atoms with E-state index in [1.165, 1.54) is 12.1 Å². The topological polar surface area (TPSA) is 43.4 Å². The van der Waals surface area contributed by atoms with Gasteiger partial charge in [-0.25, -0.2) is 4.39 Å². The first-order valence-electron chi connectivity index (χ1n) is 5.06. The summed E-state index contributed by atoms with van der Waals surface area (Å²) in [5.74, 6) is 0. The second kappa shape index (κ2) is 5.41. The molecule has 0 bridgehead atoms. The second-order valence-electron chi connectivity index (χ2n) is 3.56. The van der Waals surface area contributed by atoms with Crippen LogP contribution in [0.5, 0.6) is 0 Å². The molecule has 16 heavy (non-hydrogen) atoms. The summed E-state index contributed by atoms with van der Waals surface area (Å²) in [6.45, 7) is 3.06. The molecule has 1 rings (SSSR count). The highest BCUT2D eigenvalue weighted by Crippen LogP contribution is 2.14. The first kappa shape index (κ1) is 13.1. The van der Waals surface area contributed by atoms with Crippen LogP contribution in [0.2, 0.25) is 0 Å². The van der Waals surface area contributed by atoms with Gasteiger partial charge in [0.15, 0.2) is 0 Å². The van der Waals surface area contributed by atoms with Crippen LogP contribution in [0.4, 0.5) is 4.39 Å². The van der Waals surface area contributed by atoms with Gasteiger partial charge in [0.1, 0.15) is 6.17 Å². The van der Waals surface area contributed by atoms with Gasteiger partial charge in [-0.15, -0.1) is 0 Å². The van der Waals surface area contributed by atoms with Gasteiger partial charge in [-0.2, -0.15) is 8.42 Å². The average molecular weight is 246 g/mol. The van der Waals surface area contributed by atoms with Gasteiger partial charge in [0, 0.05) is 0 Å². The summed E-state index contributed by atoms with van der Waals surface area (Å²) in [6, 6.07) is 6.24. The van der Waals surface area contributed by atoms with Gasteiger partial charge in [0.25, 0.3) is 10.1 Å². The lowest BCUT2D eigenvalue weighted by atomic mass is 10.2. The molecule has 1 aromatic carbocycles. The zero-order chi connectivity index (χ0) is 12.2. The molecule has 0 radical (unpaired) electrons. The molecular formula is C11H15FO3S. The van der Waals surface area contributed by atoms with Crippen molar-refractivity contribution in [2.24, 2.45) is 0 Å². The Morgan fingerprint density at radius 1 is 1.31 bits per heavy atom. The predicted octanol–water partition coefficient (Wildman–Crippen LogP) is 2.45. The summed E-state index contributed by atoms with van der Waals surface area (Å²) < 4.78 is 40.6. The summed E-state index contributed by atoms with van der Waals surface area (Å²) in [6.07, 6.45) is -1.01. The molecule has 0 N–H and O–H groups in total. The molecule has 0 fully saturated rings. The van der Waals surface area contributed by atoms with Crippen LogP contribution in [-0.2, 0) is 14.3 Å². The first-order chi connectivity index (χ1) is 7.45. The molecule has 0 aliphatic rings. The monoisotopic (exact) mass is 246 g/mol. The van der Waals surface area contributed by atoms with E-state index in [0.717, 1.165) is 5.56 Å². The Bertz CT molecular complexity index is 425. The van der Waals surface area contributed by atoms with E-state index in [4.69, 9.17) is 0 Å². The molecule has 0 aliphatic heterocycles. The number of hydrogen-bond donors (Lipinski definition) is 0. The van der Waals surface area contributed by atoms with Crippen LogP contribution in [0.15, 0.2) is 29.2 Å². The number of hydrogen-bond acceptors (Lipinski definition) is 3. The van der Waals surface area contributed by atoms with Gasteiger partial charge in [0.05, 0.1) is 11.5 Å². The SMILES string of the molecule is CCC(F)COS(=O)(=O)c1ccc(C)cc1. The minimum atomic E-state index is -3.82. The highest BCUT2D eigenvalue weighted by atomic mass is 32.2. The maximum atomic E-state index is 12.9. The number of alkyl halides is 1. The quantitative estimate of drug-likeness (QED) is 0.749. The molecule has 1 aromatic rings. The summed E-state index contributed by atoms with van der Waals surface area (Å²) in [5, 5.41) is 0. The minimum Gasteiger partial charge on any atom is -0.263 e. The van der Waals surface area contributed by atoms with Crippen LogP contribution in [0.1, 0.15) is 18.9 Å². The number of benzene rings is 1. The Balaban J connectivity index is 2.74. The normalized spacial score (nSPS) is 13.7. The van der Waals surface area contributed by atoms with Gasteiger partial charge in [-0.1, -0.05) is 24.6 Å². The number of rotatable bonds is 5. The Morgan fingerprint density at radius 3 is 2.38 bits per heavy atom. The average Bonchev–Trinajstić information content (AvgIpc) is 2.26. The molecule has 90 valence electrons. The van der Waals surface area contributed by atoms with E-state index in [0.29, 0.717) is 0 Å². The molecular weight excluding hydrogens is 231 g/mol. The zero-order valence-corrected chi connectivity index (χ0v) is 10.1. The van der Waals surface area contributed by atoms with E-state index < -0.39 is 22.9 Å². The molecule has 5 heteroatoms. The molecule has 0 aromatic heterocycles. The van der Waals surface area contributed by atoms with E-state index in [9.17, 15) is 12.8 Å². The van der Waals surface area contributed by atoms with Crippen molar-refractivity contribution >= 4 is 10.1 Å². The van der Waals surface area contributed by atoms with Gasteiger partial charge < -0.3 is 0 Å². The van der Waals surface area contributed by atoms with Crippen molar-refractivity contribution in [3.63, 3.8) is 0 Å². The van der Waals surface area contributed by atoms with Gasteiger partial charge in [-0.3, -0.25) is 4.18 Å². The van der Waals surface area contributed by atoms with Crippen LogP contribution in [-0.4, -0.2) is 21.2 Å². The second-order valence-corrected chi connectivity index (χ2v) is 5.17. The molecule has 0 saturated carbocycles. The maximum absolute atomic E-state index is 12.9. The van der Waals surface area contributed by atoms with E-state index >= 15 is 0 Å². The molecule has 0 saturated heterocycles. The van der Waals surface area contributed by atoms with E-state index in [-0.39, 0.29) is 11.3 Å². The minimum absolute atomic E-state index is 0.0569. The van der Waals surface area contributed by atoms with Gasteiger partial charge in [0.2, 0.25) is 0 Å². The fourth-order valence-electron chi connectivity index (χ4n) is 1.05. The smallest absolute Gasteiger partial charge is 0.263 e. The van der Waals surface area contributed by atoms with Crippen LogP contribution in [0, 0.1) is 6.92 Å². The van der Waals surface area contributed by atoms with Crippen molar-refractivity contribution in [1.82, 2.24) is 0 Å². The highest BCUT2D eigenvalue weighted by Gasteiger charge is 2.17. The lowest BCUT2D eigenvalue weighted by Crippen LogP contribution is -2.14. The fraction of sp³-hybridized carbons (Fsp3) is 0.455. The van der Waals surface area contributed by atoms with E-state index in [1.807, 2.05) is 6.92 Å². The standard InChI is InChI=1S/C11H15FO3S/c1-3-10(12)8-15-16(13,14)11-6-4-9(2)5-7-11/h4-7,10H,3,8H2,1-2H3. The number of halogens is 1. The Labute approximate surface area is 95.4 Å². The van der Waals surface area contributed by atoms with Crippen LogP contribution < -0.4 is 0 Å².